The number of nitrogens with zero attached hydrogens (tertiary/aromatic N) is 2. The van der Waals surface area contributed by atoms with Crippen molar-refractivity contribution < 1.29 is 4.39 Å². The molecule has 3 nitrogen and oxygen atoms in total. The van der Waals surface area contributed by atoms with Crippen LogP contribution in [0.25, 0.3) is 22.0 Å². The van der Waals surface area contributed by atoms with Gasteiger partial charge in [0.15, 0.2) is 0 Å². The maximum Gasteiger partial charge on any atom is 0.220 e. The Morgan fingerprint density at radius 2 is 1.73 bits per heavy atom. The molecule has 3 aromatic rings. The zero-order valence-corrected chi connectivity index (χ0v) is 13.9. The van der Waals surface area contributed by atoms with Crippen molar-refractivity contribution in [3.63, 3.8) is 0 Å². The van der Waals surface area contributed by atoms with Crippen molar-refractivity contribution in [1.29, 1.82) is 0 Å². The van der Waals surface area contributed by atoms with Gasteiger partial charge in [-0.2, -0.15) is 0 Å². The molecule has 0 radical (unpaired) electrons. The van der Waals surface area contributed by atoms with Gasteiger partial charge in [0, 0.05) is 10.9 Å². The van der Waals surface area contributed by atoms with Gasteiger partial charge in [0.2, 0.25) is 5.95 Å². The van der Waals surface area contributed by atoms with Crippen molar-refractivity contribution in [2.24, 2.45) is 0 Å². The topological polar surface area (TPSA) is 51.8 Å². The van der Waals surface area contributed by atoms with Crippen molar-refractivity contribution in [3.8, 4) is 11.3 Å². The summed E-state index contributed by atoms with van der Waals surface area (Å²) >= 11 is 3.58. The van der Waals surface area contributed by atoms with Crippen LogP contribution in [0.3, 0.4) is 0 Å². The molecule has 0 bridgehead atoms. The normalized spacial score (nSPS) is 11.3. The lowest BCUT2D eigenvalue weighted by molar-refractivity contribution is 0.640. The SMILES string of the molecule is CC(C)c1nc(N)nc(-c2ccc(F)c3ccccc23)c1Br. The van der Waals surface area contributed by atoms with Gasteiger partial charge in [-0.25, -0.2) is 14.4 Å². The molecule has 0 unspecified atom stereocenters. The van der Waals surface area contributed by atoms with Crippen molar-refractivity contribution in [1.82, 2.24) is 9.97 Å². The van der Waals surface area contributed by atoms with Crippen LogP contribution in [0.5, 0.6) is 0 Å². The molecule has 0 aliphatic heterocycles. The van der Waals surface area contributed by atoms with E-state index in [0.717, 1.165) is 21.1 Å². The number of aromatic nitrogens is 2. The molecule has 3 rings (SSSR count). The number of benzene rings is 2. The second kappa shape index (κ2) is 5.65. The van der Waals surface area contributed by atoms with Crippen LogP contribution in [0.1, 0.15) is 25.5 Å². The second-order valence-corrected chi connectivity index (χ2v) is 6.22. The molecular formula is C17H15BrFN3. The van der Waals surface area contributed by atoms with Gasteiger partial charge in [-0.1, -0.05) is 38.1 Å². The Morgan fingerprint density at radius 1 is 1.05 bits per heavy atom. The van der Waals surface area contributed by atoms with Crippen LogP contribution >= 0.6 is 15.9 Å². The zero-order chi connectivity index (χ0) is 15.9. The monoisotopic (exact) mass is 359 g/mol. The highest BCUT2D eigenvalue weighted by molar-refractivity contribution is 9.10. The van der Waals surface area contributed by atoms with Gasteiger partial charge in [0.25, 0.3) is 0 Å². The van der Waals surface area contributed by atoms with Crippen LogP contribution in [-0.4, -0.2) is 9.97 Å². The number of hydrogen-bond donors (Lipinski definition) is 1. The van der Waals surface area contributed by atoms with Crippen molar-refractivity contribution in [3.05, 3.63) is 52.4 Å². The lowest BCUT2D eigenvalue weighted by Crippen LogP contribution is -2.04. The van der Waals surface area contributed by atoms with Gasteiger partial charge in [-0.3, -0.25) is 0 Å². The fourth-order valence-electron chi connectivity index (χ4n) is 2.51. The number of anilines is 1. The lowest BCUT2D eigenvalue weighted by atomic mass is 10.00. The highest BCUT2D eigenvalue weighted by Crippen LogP contribution is 2.36. The van der Waals surface area contributed by atoms with E-state index in [4.69, 9.17) is 5.73 Å². The van der Waals surface area contributed by atoms with Crippen LogP contribution in [0.4, 0.5) is 10.3 Å². The summed E-state index contributed by atoms with van der Waals surface area (Å²) in [5.41, 5.74) is 8.22. The Bertz CT molecular complexity index is 862. The number of halogens is 2. The fraction of sp³-hybridized carbons (Fsp3) is 0.176. The first kappa shape index (κ1) is 14.9. The van der Waals surface area contributed by atoms with Crippen molar-refractivity contribution in [2.45, 2.75) is 19.8 Å². The minimum Gasteiger partial charge on any atom is -0.368 e. The predicted octanol–water partition coefficient (Wildman–Crippen LogP) is 4.90. The number of nitrogens with two attached hydrogens (primary N) is 1. The third-order valence-electron chi connectivity index (χ3n) is 3.57. The van der Waals surface area contributed by atoms with Crippen molar-refractivity contribution >= 4 is 32.7 Å². The van der Waals surface area contributed by atoms with E-state index in [0.29, 0.717) is 11.1 Å². The highest BCUT2D eigenvalue weighted by atomic mass is 79.9. The van der Waals surface area contributed by atoms with Crippen LogP contribution in [-0.2, 0) is 0 Å². The number of nitrogen functional groups attached to an aromatic ring is 1. The van der Waals surface area contributed by atoms with Crippen molar-refractivity contribution in [2.75, 3.05) is 5.73 Å². The summed E-state index contributed by atoms with van der Waals surface area (Å²) in [6.45, 7) is 4.08. The number of hydrogen-bond acceptors (Lipinski definition) is 3. The Hall–Kier alpha value is -2.01. The summed E-state index contributed by atoms with van der Waals surface area (Å²) in [5.74, 6) is 0.169. The molecule has 0 spiro atoms. The van der Waals surface area contributed by atoms with Gasteiger partial charge in [0.05, 0.1) is 15.9 Å². The average Bonchev–Trinajstić information content (AvgIpc) is 2.50. The Kier molecular flexibility index (Phi) is 3.83. The minimum absolute atomic E-state index is 0.199. The Balaban J connectivity index is 2.36. The predicted molar refractivity (Wildman–Crippen MR) is 91.1 cm³/mol. The van der Waals surface area contributed by atoms with Crippen LogP contribution < -0.4 is 5.73 Å². The Morgan fingerprint density at radius 3 is 2.41 bits per heavy atom. The first-order valence-electron chi connectivity index (χ1n) is 6.99. The zero-order valence-electron chi connectivity index (χ0n) is 12.3. The van der Waals surface area contributed by atoms with E-state index in [1.807, 2.05) is 32.0 Å². The van der Waals surface area contributed by atoms with Gasteiger partial charge in [0.1, 0.15) is 5.82 Å². The molecule has 0 amide bonds. The highest BCUT2D eigenvalue weighted by Gasteiger charge is 2.17. The van der Waals surface area contributed by atoms with Gasteiger partial charge in [-0.15, -0.1) is 0 Å². The molecule has 0 aliphatic carbocycles. The molecule has 2 N–H and O–H groups in total. The quantitative estimate of drug-likeness (QED) is 0.707. The van der Waals surface area contributed by atoms with E-state index in [2.05, 4.69) is 25.9 Å². The summed E-state index contributed by atoms with van der Waals surface area (Å²) in [7, 11) is 0. The number of rotatable bonds is 2. The van der Waals surface area contributed by atoms with Crippen LogP contribution in [0.15, 0.2) is 40.9 Å². The summed E-state index contributed by atoms with van der Waals surface area (Å²) in [4.78, 5) is 8.66. The van der Waals surface area contributed by atoms with E-state index in [1.165, 1.54) is 6.07 Å². The van der Waals surface area contributed by atoms with E-state index < -0.39 is 0 Å². The minimum atomic E-state index is -0.249. The molecule has 22 heavy (non-hydrogen) atoms. The molecule has 1 aromatic heterocycles. The molecule has 0 aliphatic rings. The molecule has 1 heterocycles. The van der Waals surface area contributed by atoms with E-state index in [9.17, 15) is 4.39 Å². The van der Waals surface area contributed by atoms with E-state index in [1.54, 1.807) is 12.1 Å². The maximum absolute atomic E-state index is 14.0. The van der Waals surface area contributed by atoms with Crippen LogP contribution in [0.2, 0.25) is 0 Å². The standard InChI is InChI=1S/C17H15BrFN3/c1-9(2)15-14(18)16(22-17(20)21-15)12-7-8-13(19)11-6-4-3-5-10(11)12/h3-9H,1-2H3,(H2,20,21,22). The van der Waals surface area contributed by atoms with Crippen LogP contribution in [0, 0.1) is 5.82 Å². The summed E-state index contributed by atoms with van der Waals surface area (Å²) < 4.78 is 14.8. The average molecular weight is 360 g/mol. The molecule has 0 saturated heterocycles. The first-order valence-corrected chi connectivity index (χ1v) is 7.79. The largest absolute Gasteiger partial charge is 0.368 e. The lowest BCUT2D eigenvalue weighted by Gasteiger charge is -2.14. The van der Waals surface area contributed by atoms with E-state index in [-0.39, 0.29) is 17.7 Å². The summed E-state index contributed by atoms with van der Waals surface area (Å²) in [6, 6.07) is 10.5. The molecular weight excluding hydrogens is 345 g/mol. The summed E-state index contributed by atoms with van der Waals surface area (Å²) in [6.07, 6.45) is 0. The third kappa shape index (κ3) is 2.46. The molecule has 112 valence electrons. The van der Waals surface area contributed by atoms with E-state index >= 15 is 0 Å². The van der Waals surface area contributed by atoms with Gasteiger partial charge in [-0.05, 0) is 39.4 Å². The number of fused-ring (bicyclic) bond motifs is 1. The molecule has 0 atom stereocenters. The smallest absolute Gasteiger partial charge is 0.220 e. The molecule has 0 fully saturated rings. The molecule has 5 heteroatoms. The fourth-order valence-corrected chi connectivity index (χ4v) is 3.36. The van der Waals surface area contributed by atoms with Gasteiger partial charge < -0.3 is 5.73 Å². The first-order chi connectivity index (χ1) is 10.5. The third-order valence-corrected chi connectivity index (χ3v) is 4.35. The molecule has 0 saturated carbocycles. The van der Waals surface area contributed by atoms with Gasteiger partial charge >= 0.3 is 0 Å². The maximum atomic E-state index is 14.0. The second-order valence-electron chi connectivity index (χ2n) is 5.42. The Labute approximate surface area is 136 Å². The summed E-state index contributed by atoms with van der Waals surface area (Å²) in [5, 5.41) is 1.37. The molecule has 2 aromatic carbocycles.